The molecule has 0 aliphatic heterocycles. The molecule has 0 fully saturated rings. The molecule has 1 heterocycles. The molecule has 0 unspecified atom stereocenters. The van der Waals surface area contributed by atoms with E-state index >= 15 is 0 Å². The van der Waals surface area contributed by atoms with E-state index in [-0.39, 0.29) is 23.5 Å². The number of carbonyl (C=O) groups is 1. The van der Waals surface area contributed by atoms with E-state index in [1.54, 1.807) is 6.92 Å². The number of hydrogen-bond donors (Lipinski definition) is 0. The Morgan fingerprint density at radius 1 is 1.33 bits per heavy atom. The summed E-state index contributed by atoms with van der Waals surface area (Å²) in [5, 5.41) is 10.9. The quantitative estimate of drug-likeness (QED) is 0.639. The van der Waals surface area contributed by atoms with E-state index in [0.29, 0.717) is 17.6 Å². The van der Waals surface area contributed by atoms with Crippen LogP contribution in [0.15, 0.2) is 29.6 Å². The summed E-state index contributed by atoms with van der Waals surface area (Å²) in [5.74, 6) is -0.381. The molecule has 0 saturated carbocycles. The van der Waals surface area contributed by atoms with Crippen molar-refractivity contribution in [3.8, 4) is 0 Å². The molecular weight excluding hydrogens is 274 g/mol. The molecule has 0 amide bonds. The summed E-state index contributed by atoms with van der Waals surface area (Å²) in [6.07, 6.45) is 0.776. The van der Waals surface area contributed by atoms with Gasteiger partial charge in [-0.15, -0.1) is 0 Å². The van der Waals surface area contributed by atoms with Gasteiger partial charge < -0.3 is 0 Å². The molecular formula is C14H15N3O4. The van der Waals surface area contributed by atoms with Crippen molar-refractivity contribution in [1.82, 2.24) is 9.13 Å². The van der Waals surface area contributed by atoms with Gasteiger partial charge in [0.15, 0.2) is 0 Å². The average Bonchev–Trinajstić information content (AvgIpc) is 2.69. The van der Waals surface area contributed by atoms with Gasteiger partial charge in [0.1, 0.15) is 0 Å². The Balaban J connectivity index is 2.87. The molecule has 110 valence electrons. The van der Waals surface area contributed by atoms with E-state index in [4.69, 9.17) is 0 Å². The van der Waals surface area contributed by atoms with Gasteiger partial charge >= 0.3 is 5.69 Å². The monoisotopic (exact) mass is 289 g/mol. The highest BCUT2D eigenvalue weighted by molar-refractivity contribution is 5.92. The molecule has 0 aliphatic carbocycles. The van der Waals surface area contributed by atoms with Crippen LogP contribution in [-0.4, -0.2) is 20.0 Å². The lowest BCUT2D eigenvalue weighted by molar-refractivity contribution is -0.384. The van der Waals surface area contributed by atoms with Gasteiger partial charge in [0.05, 0.1) is 16.0 Å². The Morgan fingerprint density at radius 3 is 2.52 bits per heavy atom. The minimum atomic E-state index is -0.559. The van der Waals surface area contributed by atoms with Crippen molar-refractivity contribution in [2.24, 2.45) is 0 Å². The van der Waals surface area contributed by atoms with Crippen LogP contribution in [0.2, 0.25) is 0 Å². The number of carbonyl (C=O) groups excluding carboxylic acids is 1. The van der Waals surface area contributed by atoms with Crippen molar-refractivity contribution in [3.63, 3.8) is 0 Å². The second-order valence-corrected chi connectivity index (χ2v) is 4.76. The zero-order chi connectivity index (χ0) is 15.7. The van der Waals surface area contributed by atoms with E-state index in [1.807, 2.05) is 6.92 Å². The maximum Gasteiger partial charge on any atom is 0.340 e. The largest absolute Gasteiger partial charge is 0.340 e. The summed E-state index contributed by atoms with van der Waals surface area (Å²) in [7, 11) is 0. The van der Waals surface area contributed by atoms with Crippen LogP contribution in [0.4, 0.5) is 5.69 Å². The topological polar surface area (TPSA) is 87.1 Å². The van der Waals surface area contributed by atoms with E-state index < -0.39 is 10.6 Å². The summed E-state index contributed by atoms with van der Waals surface area (Å²) >= 11 is 0. The number of hydrogen-bond acceptors (Lipinski definition) is 4. The second kappa shape index (κ2) is 5.35. The zero-order valence-corrected chi connectivity index (χ0v) is 11.8. The number of benzene rings is 1. The fraction of sp³-hybridized carbons (Fsp3) is 0.286. The molecule has 0 N–H and O–H groups in total. The SMILES string of the molecule is C=C(C)n1c(=O)n(C(=O)CCC)c2cc([N+](=O)[O-])ccc21. The van der Waals surface area contributed by atoms with Gasteiger partial charge in [-0.05, 0) is 19.4 Å². The molecule has 0 saturated heterocycles. The van der Waals surface area contributed by atoms with Gasteiger partial charge in [0, 0.05) is 24.3 Å². The first-order valence-electron chi connectivity index (χ1n) is 6.49. The normalized spacial score (nSPS) is 10.8. The van der Waals surface area contributed by atoms with Crippen LogP contribution >= 0.6 is 0 Å². The van der Waals surface area contributed by atoms with Crippen LogP contribution < -0.4 is 5.69 Å². The Kier molecular flexibility index (Phi) is 3.75. The van der Waals surface area contributed by atoms with Gasteiger partial charge in [-0.1, -0.05) is 13.5 Å². The number of fused-ring (bicyclic) bond motifs is 1. The summed E-state index contributed by atoms with van der Waals surface area (Å²) in [4.78, 5) is 34.9. The van der Waals surface area contributed by atoms with Crippen LogP contribution in [0.25, 0.3) is 16.7 Å². The third-order valence-corrected chi connectivity index (χ3v) is 3.13. The summed E-state index contributed by atoms with van der Waals surface area (Å²) in [6, 6.07) is 4.00. The molecule has 7 nitrogen and oxygen atoms in total. The van der Waals surface area contributed by atoms with Crippen molar-refractivity contribution < 1.29 is 9.72 Å². The van der Waals surface area contributed by atoms with Crippen molar-refractivity contribution in [1.29, 1.82) is 0 Å². The van der Waals surface area contributed by atoms with Crippen LogP contribution in [0.1, 0.15) is 31.5 Å². The minimum Gasteiger partial charge on any atom is -0.274 e. The highest BCUT2D eigenvalue weighted by atomic mass is 16.6. The number of nitro benzene ring substituents is 1. The maximum absolute atomic E-state index is 12.4. The van der Waals surface area contributed by atoms with Crippen LogP contribution in [0, 0.1) is 10.1 Å². The first-order valence-corrected chi connectivity index (χ1v) is 6.49. The maximum atomic E-state index is 12.4. The molecule has 0 atom stereocenters. The fourth-order valence-electron chi connectivity index (χ4n) is 2.24. The standard InChI is InChI=1S/C14H15N3O4/c1-4-5-13(18)16-12-8-10(17(20)21)6-7-11(12)15(9(2)3)14(16)19/h6-8H,2,4-5H2,1,3H3. The third-order valence-electron chi connectivity index (χ3n) is 3.13. The van der Waals surface area contributed by atoms with Gasteiger partial charge in [0.2, 0.25) is 5.91 Å². The van der Waals surface area contributed by atoms with Crippen LogP contribution in [0.3, 0.4) is 0 Å². The number of nitro groups is 1. The molecule has 0 spiro atoms. The predicted molar refractivity (Wildman–Crippen MR) is 79.4 cm³/mol. The molecule has 0 bridgehead atoms. The Labute approximate surface area is 120 Å². The molecule has 0 aliphatic rings. The summed E-state index contributed by atoms with van der Waals surface area (Å²) < 4.78 is 2.27. The molecule has 1 aromatic heterocycles. The number of rotatable bonds is 4. The Morgan fingerprint density at radius 2 is 2.00 bits per heavy atom. The molecule has 1 aromatic carbocycles. The fourth-order valence-corrected chi connectivity index (χ4v) is 2.24. The van der Waals surface area contributed by atoms with Gasteiger partial charge in [-0.2, -0.15) is 0 Å². The smallest absolute Gasteiger partial charge is 0.274 e. The van der Waals surface area contributed by atoms with Gasteiger partial charge in [-0.3, -0.25) is 19.5 Å². The number of nitrogens with zero attached hydrogens (tertiary/aromatic N) is 3. The first kappa shape index (κ1) is 14.7. The number of non-ortho nitro benzene ring substituents is 1. The van der Waals surface area contributed by atoms with Gasteiger partial charge in [0.25, 0.3) is 5.69 Å². The molecule has 7 heteroatoms. The van der Waals surface area contributed by atoms with Gasteiger partial charge in [-0.25, -0.2) is 9.36 Å². The highest BCUT2D eigenvalue weighted by Gasteiger charge is 2.20. The predicted octanol–water partition coefficient (Wildman–Crippen LogP) is 2.64. The zero-order valence-electron chi connectivity index (χ0n) is 11.8. The first-order chi connectivity index (χ1) is 9.88. The Bertz CT molecular complexity index is 813. The Hall–Kier alpha value is -2.70. The van der Waals surface area contributed by atoms with Crippen molar-refractivity contribution >= 4 is 28.3 Å². The number of imidazole rings is 1. The van der Waals surface area contributed by atoms with Crippen molar-refractivity contribution in [2.75, 3.05) is 0 Å². The van der Waals surface area contributed by atoms with E-state index in [9.17, 15) is 19.7 Å². The second-order valence-electron chi connectivity index (χ2n) is 4.76. The van der Waals surface area contributed by atoms with Crippen LogP contribution in [0.5, 0.6) is 0 Å². The lowest BCUT2D eigenvalue weighted by Crippen LogP contribution is -2.28. The third kappa shape index (κ3) is 2.37. The van der Waals surface area contributed by atoms with E-state index in [0.717, 1.165) is 4.57 Å². The number of aromatic nitrogens is 2. The number of allylic oxidation sites excluding steroid dienone is 1. The average molecular weight is 289 g/mol. The summed E-state index contributed by atoms with van der Waals surface area (Å²) in [6.45, 7) is 7.18. The molecule has 2 aromatic rings. The summed E-state index contributed by atoms with van der Waals surface area (Å²) in [5.41, 5.74) is 0.399. The lowest BCUT2D eigenvalue weighted by atomic mass is 10.2. The van der Waals surface area contributed by atoms with E-state index in [1.165, 1.54) is 22.8 Å². The molecule has 2 rings (SSSR count). The highest BCUT2D eigenvalue weighted by Crippen LogP contribution is 2.22. The van der Waals surface area contributed by atoms with Crippen LogP contribution in [-0.2, 0) is 0 Å². The molecule has 0 radical (unpaired) electrons. The lowest BCUT2D eigenvalue weighted by Gasteiger charge is -2.00. The molecule has 21 heavy (non-hydrogen) atoms. The minimum absolute atomic E-state index is 0.167. The van der Waals surface area contributed by atoms with Crippen molar-refractivity contribution in [2.45, 2.75) is 26.7 Å². The van der Waals surface area contributed by atoms with Crippen molar-refractivity contribution in [3.05, 3.63) is 45.4 Å². The van der Waals surface area contributed by atoms with E-state index in [2.05, 4.69) is 6.58 Å².